The highest BCUT2D eigenvalue weighted by Crippen LogP contribution is 2.27. The molecule has 0 spiro atoms. The zero-order valence-electron chi connectivity index (χ0n) is 17.6. The molecular weight excluding hydrogens is 398 g/mol. The highest BCUT2D eigenvalue weighted by Gasteiger charge is 2.33. The van der Waals surface area contributed by atoms with Crippen molar-refractivity contribution in [3.05, 3.63) is 48.0 Å². The minimum absolute atomic E-state index is 0. The molecule has 2 fully saturated rings. The fourth-order valence-electron chi connectivity index (χ4n) is 4.81. The smallest absolute Gasteiger partial charge is 0.254 e. The molecule has 2 atom stereocenters. The number of piperidine rings is 2. The number of likely N-dealkylation sites (tertiary alicyclic amines) is 2. The van der Waals surface area contributed by atoms with Gasteiger partial charge in [-0.2, -0.15) is 0 Å². The lowest BCUT2D eigenvalue weighted by Crippen LogP contribution is -2.49. The molecule has 5 nitrogen and oxygen atoms in total. The summed E-state index contributed by atoms with van der Waals surface area (Å²) in [4.78, 5) is 30.1. The van der Waals surface area contributed by atoms with Crippen molar-refractivity contribution in [2.45, 2.75) is 38.6 Å². The van der Waals surface area contributed by atoms with Crippen LogP contribution in [0, 0.1) is 11.8 Å². The Morgan fingerprint density at radius 3 is 2.40 bits per heavy atom. The molecule has 2 N–H and O–H groups in total. The first-order valence-electron chi connectivity index (χ1n) is 10.9. The maximum absolute atomic E-state index is 13.1. The Hall–Kier alpha value is -2.11. The molecule has 2 unspecified atom stereocenters. The molecule has 0 aliphatic carbocycles. The van der Waals surface area contributed by atoms with E-state index in [2.05, 4.69) is 0 Å². The minimum Gasteiger partial charge on any atom is -0.342 e. The first-order chi connectivity index (χ1) is 14.0. The molecule has 2 aliphatic rings. The third-order valence-corrected chi connectivity index (χ3v) is 6.66. The van der Waals surface area contributed by atoms with E-state index in [4.69, 9.17) is 5.73 Å². The maximum atomic E-state index is 13.1. The van der Waals surface area contributed by atoms with E-state index in [-0.39, 0.29) is 36.2 Å². The van der Waals surface area contributed by atoms with Crippen molar-refractivity contribution < 1.29 is 9.59 Å². The topological polar surface area (TPSA) is 66.6 Å². The van der Waals surface area contributed by atoms with Crippen LogP contribution in [0.3, 0.4) is 0 Å². The number of halogens is 1. The van der Waals surface area contributed by atoms with Crippen molar-refractivity contribution >= 4 is 35.0 Å². The van der Waals surface area contributed by atoms with Gasteiger partial charge in [0.05, 0.1) is 0 Å². The Kier molecular flexibility index (Phi) is 7.37. The van der Waals surface area contributed by atoms with Crippen molar-refractivity contribution in [2.75, 3.05) is 26.2 Å². The molecule has 2 aromatic rings. The molecule has 2 amide bonds. The van der Waals surface area contributed by atoms with Gasteiger partial charge < -0.3 is 15.5 Å². The Morgan fingerprint density at radius 2 is 1.67 bits per heavy atom. The molecular formula is C24H32ClN3O2. The van der Waals surface area contributed by atoms with Crippen LogP contribution in [-0.2, 0) is 4.79 Å². The predicted octanol–water partition coefficient (Wildman–Crippen LogP) is 3.70. The number of carbonyl (C=O) groups excluding carboxylic acids is 2. The van der Waals surface area contributed by atoms with Crippen molar-refractivity contribution in [1.29, 1.82) is 0 Å². The van der Waals surface area contributed by atoms with Crippen LogP contribution in [0.4, 0.5) is 0 Å². The number of rotatable bonds is 3. The van der Waals surface area contributed by atoms with E-state index in [0.717, 1.165) is 55.1 Å². The summed E-state index contributed by atoms with van der Waals surface area (Å²) in [5, 5.41) is 2.07. The van der Waals surface area contributed by atoms with E-state index >= 15 is 0 Å². The average molecular weight is 430 g/mol. The number of nitrogens with zero attached hydrogens (tertiary/aromatic N) is 2. The number of hydrogen-bond acceptors (Lipinski definition) is 3. The standard InChI is InChI=1S/C24H31N3O2.ClH/c1-17(25)20-8-5-13-27(16-20)23(28)19-11-14-26(15-12-19)24(29)22-10-4-7-18-6-2-3-9-21(18)22;/h2-4,6-7,9-10,17,19-20H,5,8,11-16,25H2,1H3;1H. The van der Waals surface area contributed by atoms with E-state index in [1.165, 1.54) is 0 Å². The van der Waals surface area contributed by atoms with Gasteiger partial charge in [0.25, 0.3) is 5.91 Å². The van der Waals surface area contributed by atoms with Crippen molar-refractivity contribution in [1.82, 2.24) is 9.80 Å². The fraction of sp³-hybridized carbons (Fsp3) is 0.500. The van der Waals surface area contributed by atoms with Gasteiger partial charge in [0, 0.05) is 43.7 Å². The molecule has 162 valence electrons. The number of nitrogens with two attached hydrogens (primary N) is 1. The monoisotopic (exact) mass is 429 g/mol. The summed E-state index contributed by atoms with van der Waals surface area (Å²) in [5.41, 5.74) is 6.83. The third-order valence-electron chi connectivity index (χ3n) is 6.66. The molecule has 30 heavy (non-hydrogen) atoms. The van der Waals surface area contributed by atoms with Crippen molar-refractivity contribution in [3.8, 4) is 0 Å². The molecule has 6 heteroatoms. The molecule has 2 heterocycles. The highest BCUT2D eigenvalue weighted by molar-refractivity contribution is 6.07. The SMILES string of the molecule is CC(N)C1CCCN(C(=O)C2CCN(C(=O)c3cccc4ccccc34)CC2)C1.Cl. The van der Waals surface area contributed by atoms with Crippen LogP contribution < -0.4 is 5.73 Å². The van der Waals surface area contributed by atoms with Crippen LogP contribution in [0.15, 0.2) is 42.5 Å². The Labute approximate surface area is 185 Å². The van der Waals surface area contributed by atoms with Crippen LogP contribution in [-0.4, -0.2) is 53.8 Å². The largest absolute Gasteiger partial charge is 0.342 e. The quantitative estimate of drug-likeness (QED) is 0.808. The normalized spacial score (nSPS) is 21.2. The van der Waals surface area contributed by atoms with Crippen LogP contribution in [0.25, 0.3) is 10.8 Å². The third kappa shape index (κ3) is 4.62. The second-order valence-electron chi connectivity index (χ2n) is 8.64. The van der Waals surface area contributed by atoms with E-state index < -0.39 is 0 Å². The zero-order valence-corrected chi connectivity index (χ0v) is 18.4. The van der Waals surface area contributed by atoms with Crippen LogP contribution in [0.1, 0.15) is 43.0 Å². The van der Waals surface area contributed by atoms with E-state index in [9.17, 15) is 9.59 Å². The Balaban J connectivity index is 0.00000256. The fourth-order valence-corrected chi connectivity index (χ4v) is 4.81. The first-order valence-corrected chi connectivity index (χ1v) is 10.9. The lowest BCUT2D eigenvalue weighted by atomic mass is 9.89. The molecule has 0 saturated carbocycles. The van der Waals surface area contributed by atoms with Gasteiger partial charge in [-0.15, -0.1) is 12.4 Å². The second-order valence-corrected chi connectivity index (χ2v) is 8.64. The summed E-state index contributed by atoms with van der Waals surface area (Å²) >= 11 is 0. The number of hydrogen-bond donors (Lipinski definition) is 1. The van der Waals surface area contributed by atoms with Crippen LogP contribution >= 0.6 is 12.4 Å². The minimum atomic E-state index is 0. The number of carbonyl (C=O) groups is 2. The van der Waals surface area contributed by atoms with Gasteiger partial charge in [0.1, 0.15) is 0 Å². The van der Waals surface area contributed by atoms with Crippen molar-refractivity contribution in [3.63, 3.8) is 0 Å². The van der Waals surface area contributed by atoms with Crippen molar-refractivity contribution in [2.24, 2.45) is 17.6 Å². The average Bonchev–Trinajstić information content (AvgIpc) is 2.78. The number of benzene rings is 2. The van der Waals surface area contributed by atoms with Gasteiger partial charge in [-0.3, -0.25) is 9.59 Å². The van der Waals surface area contributed by atoms with Gasteiger partial charge in [-0.1, -0.05) is 36.4 Å². The van der Waals surface area contributed by atoms with Crippen LogP contribution in [0.5, 0.6) is 0 Å². The van der Waals surface area contributed by atoms with E-state index in [0.29, 0.717) is 19.0 Å². The Morgan fingerprint density at radius 1 is 0.967 bits per heavy atom. The lowest BCUT2D eigenvalue weighted by molar-refractivity contribution is -0.138. The molecule has 0 bridgehead atoms. The van der Waals surface area contributed by atoms with E-state index in [1.807, 2.05) is 59.2 Å². The Bertz CT molecular complexity index is 888. The van der Waals surface area contributed by atoms with E-state index in [1.54, 1.807) is 0 Å². The highest BCUT2D eigenvalue weighted by atomic mass is 35.5. The maximum Gasteiger partial charge on any atom is 0.254 e. The summed E-state index contributed by atoms with van der Waals surface area (Å²) in [5.74, 6) is 0.759. The first kappa shape index (κ1) is 22.6. The van der Waals surface area contributed by atoms with Gasteiger partial charge in [-0.05, 0) is 55.4 Å². The summed E-state index contributed by atoms with van der Waals surface area (Å²) in [6.45, 7) is 4.95. The zero-order chi connectivity index (χ0) is 20.4. The lowest BCUT2D eigenvalue weighted by Gasteiger charge is -2.38. The summed E-state index contributed by atoms with van der Waals surface area (Å²) in [7, 11) is 0. The number of fused-ring (bicyclic) bond motifs is 1. The van der Waals surface area contributed by atoms with Gasteiger partial charge in [0.15, 0.2) is 0 Å². The van der Waals surface area contributed by atoms with Gasteiger partial charge in [-0.25, -0.2) is 0 Å². The van der Waals surface area contributed by atoms with Gasteiger partial charge >= 0.3 is 0 Å². The number of amides is 2. The van der Waals surface area contributed by atoms with Crippen LogP contribution in [0.2, 0.25) is 0 Å². The summed E-state index contributed by atoms with van der Waals surface area (Å²) < 4.78 is 0. The predicted molar refractivity (Wildman–Crippen MR) is 123 cm³/mol. The van der Waals surface area contributed by atoms with Gasteiger partial charge in [0.2, 0.25) is 5.91 Å². The molecule has 0 radical (unpaired) electrons. The molecule has 0 aromatic heterocycles. The molecule has 2 saturated heterocycles. The second kappa shape index (κ2) is 9.80. The molecule has 4 rings (SSSR count). The molecule has 2 aromatic carbocycles. The summed E-state index contributed by atoms with van der Waals surface area (Å²) in [6.07, 6.45) is 3.64. The summed E-state index contributed by atoms with van der Waals surface area (Å²) in [6, 6.07) is 14.0. The molecule has 2 aliphatic heterocycles.